The van der Waals surface area contributed by atoms with E-state index >= 15 is 0 Å². The van der Waals surface area contributed by atoms with E-state index in [0.717, 1.165) is 24.4 Å². The lowest BCUT2D eigenvalue weighted by Crippen LogP contribution is -2.26. The van der Waals surface area contributed by atoms with E-state index in [0.29, 0.717) is 18.4 Å². The first-order chi connectivity index (χ1) is 9.36. The Morgan fingerprint density at radius 2 is 2.21 bits per heavy atom. The van der Waals surface area contributed by atoms with Crippen molar-refractivity contribution in [3.63, 3.8) is 0 Å². The van der Waals surface area contributed by atoms with Crippen molar-refractivity contribution in [1.82, 2.24) is 14.7 Å². The fourth-order valence-corrected chi connectivity index (χ4v) is 3.08. The van der Waals surface area contributed by atoms with Crippen molar-refractivity contribution in [2.45, 2.75) is 25.8 Å². The molecule has 0 saturated heterocycles. The molecule has 0 amide bonds. The Morgan fingerprint density at radius 1 is 1.32 bits per heavy atom. The highest BCUT2D eigenvalue weighted by molar-refractivity contribution is 5.39. The van der Waals surface area contributed by atoms with E-state index in [2.05, 4.69) is 16.5 Å². The molecule has 0 bridgehead atoms. The maximum atomic E-state index is 9.30. The molecule has 1 aliphatic rings. The van der Waals surface area contributed by atoms with Crippen molar-refractivity contribution >= 4 is 5.65 Å². The zero-order valence-corrected chi connectivity index (χ0v) is 11.1. The molecule has 4 nitrogen and oxygen atoms in total. The number of hydrogen-bond donors (Lipinski definition) is 2. The third-order valence-corrected chi connectivity index (χ3v) is 4.18. The van der Waals surface area contributed by atoms with E-state index in [1.807, 2.05) is 28.8 Å². The van der Waals surface area contributed by atoms with Crippen molar-refractivity contribution < 1.29 is 5.11 Å². The van der Waals surface area contributed by atoms with Crippen LogP contribution in [-0.2, 0) is 6.54 Å². The number of pyridine rings is 1. The quantitative estimate of drug-likeness (QED) is 0.861. The van der Waals surface area contributed by atoms with Gasteiger partial charge < -0.3 is 14.8 Å². The van der Waals surface area contributed by atoms with Crippen LogP contribution < -0.4 is 5.32 Å². The van der Waals surface area contributed by atoms with Gasteiger partial charge in [-0.2, -0.15) is 0 Å². The monoisotopic (exact) mass is 259 g/mol. The SMILES string of the molecule is OCC1CCCC1CNCc1cn2ccccc2n1. The Hall–Kier alpha value is -1.39. The van der Waals surface area contributed by atoms with Crippen LogP contribution >= 0.6 is 0 Å². The van der Waals surface area contributed by atoms with Gasteiger partial charge in [-0.05, 0) is 43.4 Å². The molecule has 2 aromatic heterocycles. The van der Waals surface area contributed by atoms with Crippen LogP contribution in [0.4, 0.5) is 0 Å². The fraction of sp³-hybridized carbons (Fsp3) is 0.533. The average molecular weight is 259 g/mol. The van der Waals surface area contributed by atoms with Gasteiger partial charge in [0, 0.05) is 25.5 Å². The highest BCUT2D eigenvalue weighted by Crippen LogP contribution is 2.30. The first-order valence-electron chi connectivity index (χ1n) is 7.11. The average Bonchev–Trinajstić information content (AvgIpc) is 3.04. The van der Waals surface area contributed by atoms with Crippen LogP contribution in [0.1, 0.15) is 25.0 Å². The zero-order chi connectivity index (χ0) is 13.1. The lowest BCUT2D eigenvalue weighted by molar-refractivity contribution is 0.192. The summed E-state index contributed by atoms with van der Waals surface area (Å²) < 4.78 is 2.04. The summed E-state index contributed by atoms with van der Waals surface area (Å²) in [6.45, 7) is 2.12. The summed E-state index contributed by atoms with van der Waals surface area (Å²) in [4.78, 5) is 4.57. The number of imidazole rings is 1. The van der Waals surface area contributed by atoms with Crippen molar-refractivity contribution in [3.8, 4) is 0 Å². The van der Waals surface area contributed by atoms with Gasteiger partial charge in [0.15, 0.2) is 0 Å². The standard InChI is InChI=1S/C15H21N3O/c19-11-13-5-3-4-12(13)8-16-9-14-10-18-7-2-1-6-15(18)17-14/h1-2,6-7,10,12-13,16,19H,3-5,8-9,11H2. The van der Waals surface area contributed by atoms with E-state index in [1.165, 1.54) is 19.3 Å². The summed E-state index contributed by atoms with van der Waals surface area (Å²) in [6.07, 6.45) is 7.76. The molecule has 1 aliphatic carbocycles. The molecule has 2 atom stereocenters. The summed E-state index contributed by atoms with van der Waals surface area (Å²) >= 11 is 0. The minimum atomic E-state index is 0.334. The fourth-order valence-electron chi connectivity index (χ4n) is 3.08. The first kappa shape index (κ1) is 12.6. The highest BCUT2D eigenvalue weighted by Gasteiger charge is 2.25. The molecule has 0 spiro atoms. The van der Waals surface area contributed by atoms with Gasteiger partial charge in [0.25, 0.3) is 0 Å². The molecule has 3 rings (SSSR count). The second kappa shape index (κ2) is 5.72. The molecule has 1 fully saturated rings. The third kappa shape index (κ3) is 2.80. The first-order valence-corrected chi connectivity index (χ1v) is 7.11. The number of hydrogen-bond acceptors (Lipinski definition) is 3. The Bertz CT molecular complexity index is 504. The summed E-state index contributed by atoms with van der Waals surface area (Å²) in [6, 6.07) is 6.03. The van der Waals surface area contributed by atoms with Crippen molar-refractivity contribution in [1.29, 1.82) is 0 Å². The molecule has 19 heavy (non-hydrogen) atoms. The van der Waals surface area contributed by atoms with Gasteiger partial charge in [-0.3, -0.25) is 0 Å². The van der Waals surface area contributed by atoms with E-state index in [1.54, 1.807) is 0 Å². The van der Waals surface area contributed by atoms with Gasteiger partial charge in [0.1, 0.15) is 5.65 Å². The highest BCUT2D eigenvalue weighted by atomic mass is 16.3. The Labute approximate surface area is 113 Å². The molecule has 2 N–H and O–H groups in total. The maximum Gasteiger partial charge on any atom is 0.137 e. The molecular weight excluding hydrogens is 238 g/mol. The van der Waals surface area contributed by atoms with Gasteiger partial charge in [0.05, 0.1) is 5.69 Å². The van der Waals surface area contributed by atoms with Crippen LogP contribution in [0.2, 0.25) is 0 Å². The Balaban J connectivity index is 1.54. The Kier molecular flexibility index (Phi) is 3.80. The second-order valence-corrected chi connectivity index (χ2v) is 5.46. The summed E-state index contributed by atoms with van der Waals surface area (Å²) in [5, 5.41) is 12.8. The third-order valence-electron chi connectivity index (χ3n) is 4.18. The number of fused-ring (bicyclic) bond motifs is 1. The number of aromatic nitrogens is 2. The Morgan fingerprint density at radius 3 is 3.05 bits per heavy atom. The van der Waals surface area contributed by atoms with Gasteiger partial charge in [-0.15, -0.1) is 0 Å². The molecule has 0 aromatic carbocycles. The molecule has 102 valence electrons. The summed E-state index contributed by atoms with van der Waals surface area (Å²) in [7, 11) is 0. The van der Waals surface area contributed by atoms with Crippen LogP contribution in [0.5, 0.6) is 0 Å². The summed E-state index contributed by atoms with van der Waals surface area (Å²) in [5.74, 6) is 1.12. The predicted octanol–water partition coefficient (Wildman–Crippen LogP) is 1.83. The summed E-state index contributed by atoms with van der Waals surface area (Å²) in [5.41, 5.74) is 2.07. The van der Waals surface area contributed by atoms with E-state index in [4.69, 9.17) is 0 Å². The topological polar surface area (TPSA) is 49.6 Å². The van der Waals surface area contributed by atoms with Gasteiger partial charge >= 0.3 is 0 Å². The molecule has 2 unspecified atom stereocenters. The van der Waals surface area contributed by atoms with Crippen LogP contribution in [0.3, 0.4) is 0 Å². The van der Waals surface area contributed by atoms with Crippen molar-refractivity contribution in [2.24, 2.45) is 11.8 Å². The number of rotatable bonds is 5. The van der Waals surface area contributed by atoms with Crippen LogP contribution in [0, 0.1) is 11.8 Å². The zero-order valence-electron chi connectivity index (χ0n) is 11.1. The predicted molar refractivity (Wildman–Crippen MR) is 74.8 cm³/mol. The van der Waals surface area contributed by atoms with Gasteiger partial charge in [-0.25, -0.2) is 4.98 Å². The van der Waals surface area contributed by atoms with E-state index in [-0.39, 0.29) is 0 Å². The van der Waals surface area contributed by atoms with Gasteiger partial charge in [0.2, 0.25) is 0 Å². The van der Waals surface area contributed by atoms with E-state index in [9.17, 15) is 5.11 Å². The molecule has 4 heteroatoms. The minimum absolute atomic E-state index is 0.334. The molecule has 2 aromatic rings. The molecule has 0 aliphatic heterocycles. The lowest BCUT2D eigenvalue weighted by Gasteiger charge is -2.17. The molecule has 2 heterocycles. The number of aliphatic hydroxyl groups excluding tert-OH is 1. The lowest BCUT2D eigenvalue weighted by atomic mass is 9.97. The van der Waals surface area contributed by atoms with Gasteiger partial charge in [-0.1, -0.05) is 12.5 Å². The van der Waals surface area contributed by atoms with Crippen molar-refractivity contribution in [2.75, 3.05) is 13.2 Å². The molecule has 1 saturated carbocycles. The second-order valence-electron chi connectivity index (χ2n) is 5.46. The number of nitrogens with one attached hydrogen (secondary N) is 1. The largest absolute Gasteiger partial charge is 0.396 e. The number of nitrogens with zero attached hydrogens (tertiary/aromatic N) is 2. The smallest absolute Gasteiger partial charge is 0.137 e. The van der Waals surface area contributed by atoms with Crippen LogP contribution in [-0.4, -0.2) is 27.6 Å². The van der Waals surface area contributed by atoms with E-state index < -0.39 is 0 Å². The van der Waals surface area contributed by atoms with Crippen molar-refractivity contribution in [3.05, 3.63) is 36.3 Å². The molecule has 0 radical (unpaired) electrons. The van der Waals surface area contributed by atoms with Crippen LogP contribution in [0.15, 0.2) is 30.6 Å². The normalized spacial score (nSPS) is 23.2. The number of aliphatic hydroxyl groups is 1. The minimum Gasteiger partial charge on any atom is -0.396 e. The maximum absolute atomic E-state index is 9.30. The molecular formula is C15H21N3O. The van der Waals surface area contributed by atoms with Crippen LogP contribution in [0.25, 0.3) is 5.65 Å².